The summed E-state index contributed by atoms with van der Waals surface area (Å²) >= 11 is 0. The summed E-state index contributed by atoms with van der Waals surface area (Å²) in [5.41, 5.74) is 0. The van der Waals surface area contributed by atoms with Gasteiger partial charge in [-0.2, -0.15) is 4.20 Å². The Bertz CT molecular complexity index is 518. The third-order valence-corrected chi connectivity index (χ3v) is 5.66. The molecule has 0 aliphatic heterocycles. The van der Waals surface area contributed by atoms with Crippen LogP contribution in [-0.4, -0.2) is 38.1 Å². The van der Waals surface area contributed by atoms with Crippen LogP contribution in [0, 0.1) is 0 Å². The van der Waals surface area contributed by atoms with E-state index in [1.54, 1.807) is 0 Å². The number of unbranched alkanes of at least 4 members (excludes halogenated alkanes) is 11. The molecule has 190 valence electrons. The quantitative estimate of drug-likeness (QED) is 0.0679. The molecule has 0 spiro atoms. The van der Waals surface area contributed by atoms with E-state index in [1.807, 2.05) is 13.8 Å². The third kappa shape index (κ3) is 23.9. The van der Waals surface area contributed by atoms with E-state index in [4.69, 9.17) is 9.47 Å². The van der Waals surface area contributed by atoms with Crippen molar-refractivity contribution in [2.75, 3.05) is 19.9 Å². The van der Waals surface area contributed by atoms with Gasteiger partial charge in [0.1, 0.15) is 6.10 Å². The Labute approximate surface area is 196 Å². The highest BCUT2D eigenvalue weighted by Crippen LogP contribution is 2.44. The fourth-order valence-corrected chi connectivity index (χ4v) is 3.65. The summed E-state index contributed by atoms with van der Waals surface area (Å²) in [6.07, 6.45) is 19.7. The molecular weight excluding hydrogens is 430 g/mol. The van der Waals surface area contributed by atoms with Crippen molar-refractivity contribution in [2.24, 2.45) is 0 Å². The first-order valence-electron chi connectivity index (χ1n) is 12.6. The maximum Gasteiger partial charge on any atom is 0.364 e. The second-order valence-electron chi connectivity index (χ2n) is 8.87. The molecule has 0 fully saturated rings. The Morgan fingerprint density at radius 1 is 0.875 bits per heavy atom. The van der Waals surface area contributed by atoms with Crippen molar-refractivity contribution in [1.29, 1.82) is 0 Å². The summed E-state index contributed by atoms with van der Waals surface area (Å²) in [4.78, 5) is 12.1. The molecule has 0 aliphatic rings. The lowest BCUT2D eigenvalue weighted by Crippen LogP contribution is -2.29. The predicted molar refractivity (Wildman–Crippen MR) is 131 cm³/mol. The smallest absolute Gasteiger partial charge is 0.364 e. The molecule has 32 heavy (non-hydrogen) atoms. The Balaban J connectivity index is 3.74. The van der Waals surface area contributed by atoms with E-state index < -0.39 is 13.8 Å². The molecule has 0 unspecified atom stereocenters. The number of allylic oxidation sites excluding steroid dienone is 2. The maximum atomic E-state index is 13.1. The molecular formula is C25H48FO5P. The molecule has 0 N–H and O–H groups in total. The van der Waals surface area contributed by atoms with E-state index in [-0.39, 0.29) is 25.3 Å². The second-order valence-corrected chi connectivity index (χ2v) is 10.6. The topological polar surface area (TPSA) is 61.8 Å². The Morgan fingerprint density at radius 2 is 1.41 bits per heavy atom. The summed E-state index contributed by atoms with van der Waals surface area (Å²) < 4.78 is 39.7. The van der Waals surface area contributed by atoms with Gasteiger partial charge in [-0.15, -0.1) is 0 Å². The van der Waals surface area contributed by atoms with Crippen LogP contribution in [0.4, 0.5) is 4.20 Å². The number of esters is 1. The standard InChI is InChI=1S/C25H48FO5P/c1-5-6-7-8-9-10-11-12-13-14-15-16-17-18-19-20-25(27)31-24(21-29-23(2)3)22-30-32(4,26)28/h12-13,23-24H,5-11,14-22H2,1-4H3/b13-12-/t24-,32+/m1/s1. The highest BCUT2D eigenvalue weighted by Gasteiger charge is 2.21. The summed E-state index contributed by atoms with van der Waals surface area (Å²) in [7, 11) is -4.12. The highest BCUT2D eigenvalue weighted by molar-refractivity contribution is 7.52. The monoisotopic (exact) mass is 478 g/mol. The third-order valence-electron chi connectivity index (χ3n) is 5.05. The van der Waals surface area contributed by atoms with Crippen LogP contribution in [-0.2, 0) is 23.4 Å². The first kappa shape index (κ1) is 31.3. The van der Waals surface area contributed by atoms with E-state index in [2.05, 4.69) is 23.6 Å². The Morgan fingerprint density at radius 3 is 1.94 bits per heavy atom. The van der Waals surface area contributed by atoms with E-state index >= 15 is 0 Å². The number of carbonyl (C=O) groups excluding carboxylic acids is 1. The van der Waals surface area contributed by atoms with Gasteiger partial charge in [-0.25, -0.2) is 0 Å². The van der Waals surface area contributed by atoms with Crippen LogP contribution >= 0.6 is 7.68 Å². The van der Waals surface area contributed by atoms with Gasteiger partial charge in [-0.05, 0) is 46.0 Å². The van der Waals surface area contributed by atoms with Crippen LogP contribution in [0.15, 0.2) is 12.2 Å². The van der Waals surface area contributed by atoms with Crippen LogP contribution in [0.5, 0.6) is 0 Å². The zero-order valence-electron chi connectivity index (χ0n) is 21.0. The number of halogens is 1. The first-order valence-corrected chi connectivity index (χ1v) is 14.6. The molecule has 0 aromatic carbocycles. The second kappa shape index (κ2) is 20.9. The number of ether oxygens (including phenoxy) is 2. The van der Waals surface area contributed by atoms with Gasteiger partial charge in [0.2, 0.25) is 0 Å². The van der Waals surface area contributed by atoms with Crippen molar-refractivity contribution < 1.29 is 27.6 Å². The van der Waals surface area contributed by atoms with E-state index in [0.29, 0.717) is 6.42 Å². The molecule has 0 saturated carbocycles. The summed E-state index contributed by atoms with van der Waals surface area (Å²) in [6, 6.07) is 0. The van der Waals surface area contributed by atoms with Gasteiger partial charge in [0.25, 0.3) is 0 Å². The zero-order chi connectivity index (χ0) is 24.1. The summed E-state index contributed by atoms with van der Waals surface area (Å²) in [5, 5.41) is 0. The van der Waals surface area contributed by atoms with Gasteiger partial charge >= 0.3 is 13.6 Å². The van der Waals surface area contributed by atoms with Crippen LogP contribution in [0.1, 0.15) is 111 Å². The number of hydrogen-bond donors (Lipinski definition) is 0. The minimum Gasteiger partial charge on any atom is -0.457 e. The lowest BCUT2D eigenvalue weighted by molar-refractivity contribution is -0.155. The molecule has 5 nitrogen and oxygen atoms in total. The van der Waals surface area contributed by atoms with Crippen LogP contribution in [0.25, 0.3) is 0 Å². The molecule has 0 amide bonds. The van der Waals surface area contributed by atoms with E-state index in [0.717, 1.165) is 38.8 Å². The number of carbonyl (C=O) groups is 1. The van der Waals surface area contributed by atoms with Crippen molar-refractivity contribution in [3.8, 4) is 0 Å². The lowest BCUT2D eigenvalue weighted by Gasteiger charge is -2.19. The molecule has 2 atom stereocenters. The fraction of sp³-hybridized carbons (Fsp3) is 0.880. The predicted octanol–water partition coefficient (Wildman–Crippen LogP) is 8.17. The van der Waals surface area contributed by atoms with Gasteiger partial charge in [-0.3, -0.25) is 9.36 Å². The average molecular weight is 479 g/mol. The lowest BCUT2D eigenvalue weighted by atomic mass is 10.1. The van der Waals surface area contributed by atoms with E-state index in [1.165, 1.54) is 51.4 Å². The number of hydrogen-bond acceptors (Lipinski definition) is 5. The van der Waals surface area contributed by atoms with Gasteiger partial charge < -0.3 is 14.0 Å². The van der Waals surface area contributed by atoms with Crippen molar-refractivity contribution in [3.05, 3.63) is 12.2 Å². The normalized spacial score (nSPS) is 14.7. The molecule has 0 radical (unpaired) electrons. The Hall–Kier alpha value is -0.710. The zero-order valence-corrected chi connectivity index (χ0v) is 21.9. The maximum absolute atomic E-state index is 13.1. The summed E-state index contributed by atoms with van der Waals surface area (Å²) in [6.45, 7) is 6.67. The molecule has 0 aliphatic carbocycles. The van der Waals surface area contributed by atoms with Crippen molar-refractivity contribution >= 4 is 13.6 Å². The highest BCUT2D eigenvalue weighted by atomic mass is 31.2. The molecule has 0 bridgehead atoms. The molecule has 0 heterocycles. The first-order chi connectivity index (χ1) is 15.2. The molecule has 0 aromatic rings. The number of rotatable bonds is 22. The molecule has 0 aromatic heterocycles. The van der Waals surface area contributed by atoms with Crippen LogP contribution in [0.3, 0.4) is 0 Å². The van der Waals surface area contributed by atoms with Crippen molar-refractivity contribution in [2.45, 2.75) is 123 Å². The van der Waals surface area contributed by atoms with Gasteiger partial charge in [0.15, 0.2) is 0 Å². The SMILES string of the molecule is CCCCCCCC/C=C\CCCCCCCC(=O)O[C@H](COC(C)C)CO[P@](C)(=O)F. The molecule has 0 saturated heterocycles. The minimum atomic E-state index is -4.12. The van der Waals surface area contributed by atoms with E-state index in [9.17, 15) is 13.6 Å². The van der Waals surface area contributed by atoms with Crippen LogP contribution in [0.2, 0.25) is 0 Å². The van der Waals surface area contributed by atoms with Crippen molar-refractivity contribution in [3.63, 3.8) is 0 Å². The largest absolute Gasteiger partial charge is 0.457 e. The summed E-state index contributed by atoms with van der Waals surface area (Å²) in [5.74, 6) is -0.353. The fourth-order valence-electron chi connectivity index (χ4n) is 3.22. The van der Waals surface area contributed by atoms with Gasteiger partial charge in [0, 0.05) is 13.1 Å². The van der Waals surface area contributed by atoms with Crippen molar-refractivity contribution in [1.82, 2.24) is 0 Å². The van der Waals surface area contributed by atoms with Gasteiger partial charge in [-0.1, -0.05) is 70.4 Å². The average Bonchev–Trinajstić information content (AvgIpc) is 2.72. The Kier molecular flexibility index (Phi) is 20.4. The minimum absolute atomic E-state index is 0.0552. The molecule has 0 rings (SSSR count). The van der Waals surface area contributed by atoms with Gasteiger partial charge in [0.05, 0.1) is 19.3 Å². The molecule has 7 heteroatoms. The van der Waals surface area contributed by atoms with Crippen LogP contribution < -0.4 is 0 Å².